The van der Waals surface area contributed by atoms with Crippen LogP contribution in [0.5, 0.6) is 5.75 Å². The van der Waals surface area contributed by atoms with E-state index in [1.807, 2.05) is 45.0 Å². The Kier molecular flexibility index (Phi) is 5.92. The van der Waals surface area contributed by atoms with Gasteiger partial charge in [-0.15, -0.1) is 0 Å². The van der Waals surface area contributed by atoms with Gasteiger partial charge in [-0.25, -0.2) is 9.78 Å². The lowest BCUT2D eigenvalue weighted by Gasteiger charge is -2.36. The highest BCUT2D eigenvalue weighted by Crippen LogP contribution is 2.22. The fraction of sp³-hybridized carbons (Fsp3) is 0.429. The fourth-order valence-corrected chi connectivity index (χ4v) is 3.06. The number of nitrogens with one attached hydrogen (secondary N) is 1. The fourth-order valence-electron chi connectivity index (χ4n) is 3.06. The highest BCUT2D eigenvalue weighted by Gasteiger charge is 2.19. The predicted octanol–water partition coefficient (Wildman–Crippen LogP) is 3.76. The first-order valence-electron chi connectivity index (χ1n) is 9.44. The minimum Gasteiger partial charge on any atom is -0.497 e. The number of ether oxygens (including phenoxy) is 2. The van der Waals surface area contributed by atoms with Crippen molar-refractivity contribution in [3.8, 4) is 5.75 Å². The Morgan fingerprint density at radius 2 is 1.64 bits per heavy atom. The molecule has 0 atom stereocenters. The lowest BCUT2D eigenvalue weighted by molar-refractivity contribution is 0.0636. The van der Waals surface area contributed by atoms with Crippen LogP contribution in [0.1, 0.15) is 20.8 Å². The molecule has 3 rings (SSSR count). The highest BCUT2D eigenvalue weighted by atomic mass is 16.6. The van der Waals surface area contributed by atoms with Crippen molar-refractivity contribution in [2.45, 2.75) is 26.4 Å². The second kappa shape index (κ2) is 8.37. The minimum absolute atomic E-state index is 0.477. The zero-order chi connectivity index (χ0) is 20.1. The number of aromatic nitrogens is 1. The van der Waals surface area contributed by atoms with E-state index in [1.54, 1.807) is 13.3 Å². The minimum atomic E-state index is -0.527. The lowest BCUT2D eigenvalue weighted by atomic mass is 10.2. The van der Waals surface area contributed by atoms with Gasteiger partial charge in [0.25, 0.3) is 0 Å². The van der Waals surface area contributed by atoms with Gasteiger partial charge < -0.3 is 19.3 Å². The molecule has 1 fully saturated rings. The number of methoxy groups -OCH3 is 1. The van der Waals surface area contributed by atoms with Crippen LogP contribution in [0.3, 0.4) is 0 Å². The summed E-state index contributed by atoms with van der Waals surface area (Å²) in [5, 5.41) is 2.71. The first kappa shape index (κ1) is 19.8. The van der Waals surface area contributed by atoms with Crippen LogP contribution in [0, 0.1) is 0 Å². The third-order valence-electron chi connectivity index (χ3n) is 4.43. The predicted molar refractivity (Wildman–Crippen MR) is 112 cm³/mol. The molecular weight excluding hydrogens is 356 g/mol. The molecule has 0 unspecified atom stereocenters. The number of pyridine rings is 1. The van der Waals surface area contributed by atoms with E-state index < -0.39 is 11.7 Å². The summed E-state index contributed by atoms with van der Waals surface area (Å²) in [5.41, 5.74) is 1.29. The van der Waals surface area contributed by atoms with Gasteiger partial charge in [0.1, 0.15) is 17.2 Å². The Labute approximate surface area is 166 Å². The van der Waals surface area contributed by atoms with Gasteiger partial charge in [-0.1, -0.05) is 0 Å². The largest absolute Gasteiger partial charge is 0.497 e. The van der Waals surface area contributed by atoms with Gasteiger partial charge in [-0.3, -0.25) is 5.32 Å². The summed E-state index contributed by atoms with van der Waals surface area (Å²) >= 11 is 0. The van der Waals surface area contributed by atoms with Crippen molar-refractivity contribution in [3.05, 3.63) is 42.6 Å². The standard InChI is InChI=1S/C21H28N4O3/c1-21(2,3)28-20(26)23-16-5-10-19(22-15-16)25-13-11-24(12-14-25)17-6-8-18(27-4)9-7-17/h5-10,15H,11-14H2,1-4H3,(H,23,26). The Bertz CT molecular complexity index is 777. The van der Waals surface area contributed by atoms with E-state index in [0.29, 0.717) is 5.69 Å². The molecule has 1 aromatic heterocycles. The van der Waals surface area contributed by atoms with E-state index in [0.717, 1.165) is 37.7 Å². The molecule has 2 aromatic rings. The third-order valence-corrected chi connectivity index (χ3v) is 4.43. The number of benzene rings is 1. The van der Waals surface area contributed by atoms with E-state index in [-0.39, 0.29) is 0 Å². The molecule has 0 radical (unpaired) electrons. The number of hydrogen-bond donors (Lipinski definition) is 1. The first-order chi connectivity index (χ1) is 13.3. The molecule has 0 bridgehead atoms. The SMILES string of the molecule is COc1ccc(N2CCN(c3ccc(NC(=O)OC(C)(C)C)cn3)CC2)cc1. The normalized spacial score (nSPS) is 14.6. The Morgan fingerprint density at radius 1 is 1.00 bits per heavy atom. The molecule has 1 amide bonds. The van der Waals surface area contributed by atoms with Gasteiger partial charge in [0.15, 0.2) is 0 Å². The molecule has 150 valence electrons. The van der Waals surface area contributed by atoms with E-state index in [9.17, 15) is 4.79 Å². The number of rotatable bonds is 4. The molecular formula is C21H28N4O3. The molecule has 1 saturated heterocycles. The monoisotopic (exact) mass is 384 g/mol. The van der Waals surface area contributed by atoms with Crippen LogP contribution >= 0.6 is 0 Å². The quantitative estimate of drug-likeness (QED) is 0.866. The summed E-state index contributed by atoms with van der Waals surface area (Å²) in [6.07, 6.45) is 1.19. The van der Waals surface area contributed by atoms with Gasteiger partial charge >= 0.3 is 6.09 Å². The van der Waals surface area contributed by atoms with E-state index >= 15 is 0 Å². The van der Waals surface area contributed by atoms with Gasteiger partial charge in [0.2, 0.25) is 0 Å². The molecule has 0 spiro atoms. The third kappa shape index (κ3) is 5.28. The molecule has 1 aliphatic heterocycles. The number of carbonyl (C=O) groups excluding carboxylic acids is 1. The van der Waals surface area contributed by atoms with E-state index in [1.165, 1.54) is 5.69 Å². The molecule has 1 aromatic carbocycles. The molecule has 0 aliphatic carbocycles. The molecule has 7 nitrogen and oxygen atoms in total. The summed E-state index contributed by atoms with van der Waals surface area (Å²) in [7, 11) is 1.68. The number of amides is 1. The zero-order valence-electron chi connectivity index (χ0n) is 16.9. The maximum Gasteiger partial charge on any atom is 0.412 e. The van der Waals surface area contributed by atoms with Crippen molar-refractivity contribution >= 4 is 23.3 Å². The Balaban J connectivity index is 1.53. The van der Waals surface area contributed by atoms with Crippen LogP contribution < -0.4 is 19.9 Å². The number of carbonyl (C=O) groups is 1. The molecule has 1 N–H and O–H groups in total. The summed E-state index contributed by atoms with van der Waals surface area (Å²) in [5.74, 6) is 1.77. The maximum atomic E-state index is 11.8. The number of nitrogens with zero attached hydrogens (tertiary/aromatic N) is 3. The average molecular weight is 384 g/mol. The molecule has 28 heavy (non-hydrogen) atoms. The summed E-state index contributed by atoms with van der Waals surface area (Å²) < 4.78 is 10.5. The van der Waals surface area contributed by atoms with Crippen LogP contribution in [0.4, 0.5) is 22.0 Å². The second-order valence-electron chi connectivity index (χ2n) is 7.70. The number of anilines is 3. The Hall–Kier alpha value is -2.96. The van der Waals surface area contributed by atoms with Gasteiger partial charge in [0.05, 0.1) is 19.0 Å². The summed E-state index contributed by atoms with van der Waals surface area (Å²) in [6, 6.07) is 11.9. The summed E-state index contributed by atoms with van der Waals surface area (Å²) in [4.78, 5) is 20.9. The Morgan fingerprint density at radius 3 is 2.18 bits per heavy atom. The maximum absolute atomic E-state index is 11.8. The van der Waals surface area contributed by atoms with Crippen LogP contribution in [0.15, 0.2) is 42.6 Å². The van der Waals surface area contributed by atoms with Crippen molar-refractivity contribution in [2.24, 2.45) is 0 Å². The smallest absolute Gasteiger partial charge is 0.412 e. The van der Waals surface area contributed by atoms with Crippen molar-refractivity contribution in [3.63, 3.8) is 0 Å². The molecule has 1 aliphatic rings. The number of piperazine rings is 1. The molecule has 7 heteroatoms. The average Bonchev–Trinajstić information content (AvgIpc) is 2.67. The van der Waals surface area contributed by atoms with Crippen molar-refractivity contribution in [1.29, 1.82) is 0 Å². The van der Waals surface area contributed by atoms with E-state index in [4.69, 9.17) is 9.47 Å². The van der Waals surface area contributed by atoms with Crippen LogP contribution in [0.25, 0.3) is 0 Å². The number of hydrogen-bond acceptors (Lipinski definition) is 6. The van der Waals surface area contributed by atoms with Gasteiger partial charge in [-0.2, -0.15) is 0 Å². The second-order valence-corrected chi connectivity index (χ2v) is 7.70. The molecule has 2 heterocycles. The first-order valence-corrected chi connectivity index (χ1v) is 9.44. The van der Waals surface area contributed by atoms with Crippen molar-refractivity contribution in [2.75, 3.05) is 48.4 Å². The van der Waals surface area contributed by atoms with Crippen LogP contribution in [0.2, 0.25) is 0 Å². The van der Waals surface area contributed by atoms with Crippen LogP contribution in [-0.2, 0) is 4.74 Å². The van der Waals surface area contributed by atoms with Crippen LogP contribution in [-0.4, -0.2) is 50.0 Å². The highest BCUT2D eigenvalue weighted by molar-refractivity contribution is 5.84. The van der Waals surface area contributed by atoms with Gasteiger partial charge in [-0.05, 0) is 57.2 Å². The zero-order valence-corrected chi connectivity index (χ0v) is 16.9. The topological polar surface area (TPSA) is 66.9 Å². The molecule has 0 saturated carbocycles. The van der Waals surface area contributed by atoms with Crippen molar-refractivity contribution < 1.29 is 14.3 Å². The van der Waals surface area contributed by atoms with Gasteiger partial charge in [0, 0.05) is 31.9 Å². The summed E-state index contributed by atoms with van der Waals surface area (Å²) in [6.45, 7) is 9.12. The lowest BCUT2D eigenvalue weighted by Crippen LogP contribution is -2.46. The van der Waals surface area contributed by atoms with Crippen molar-refractivity contribution in [1.82, 2.24) is 4.98 Å². The van der Waals surface area contributed by atoms with E-state index in [2.05, 4.69) is 32.2 Å².